The van der Waals surface area contributed by atoms with Crippen LogP contribution in [-0.4, -0.2) is 13.4 Å². The summed E-state index contributed by atoms with van der Waals surface area (Å²) in [4.78, 5) is 4.20. The van der Waals surface area contributed by atoms with E-state index in [9.17, 15) is 8.42 Å². The molecule has 0 amide bonds. The van der Waals surface area contributed by atoms with Crippen molar-refractivity contribution in [2.45, 2.75) is 18.4 Å². The number of benzene rings is 1. The maximum absolute atomic E-state index is 12.3. The molecule has 2 aromatic rings. The molecule has 3 N–H and O–H groups in total. The summed E-state index contributed by atoms with van der Waals surface area (Å²) in [6, 6.07) is 2.82. The van der Waals surface area contributed by atoms with Crippen molar-refractivity contribution in [3.63, 3.8) is 0 Å². The highest BCUT2D eigenvalue weighted by Crippen LogP contribution is 2.31. The molecule has 0 saturated carbocycles. The Balaban J connectivity index is 2.27. The molecule has 1 heterocycles. The van der Waals surface area contributed by atoms with Crippen LogP contribution in [0.4, 0.5) is 5.69 Å². The van der Waals surface area contributed by atoms with Gasteiger partial charge in [0.15, 0.2) is 0 Å². The Morgan fingerprint density at radius 1 is 1.50 bits per heavy atom. The van der Waals surface area contributed by atoms with Gasteiger partial charge < -0.3 is 5.73 Å². The molecule has 5 nitrogen and oxygen atoms in total. The molecular weight excluding hydrogens is 386 g/mol. The van der Waals surface area contributed by atoms with E-state index < -0.39 is 10.0 Å². The van der Waals surface area contributed by atoms with Crippen molar-refractivity contribution >= 4 is 54.6 Å². The lowest BCUT2D eigenvalue weighted by Gasteiger charge is -2.10. The number of thiazole rings is 1. The van der Waals surface area contributed by atoms with E-state index in [0.717, 1.165) is 5.01 Å². The summed E-state index contributed by atoms with van der Waals surface area (Å²) in [5.74, 6) is 0. The van der Waals surface area contributed by atoms with Gasteiger partial charge in [-0.25, -0.2) is 18.1 Å². The second kappa shape index (κ2) is 5.98. The first-order chi connectivity index (χ1) is 9.29. The first-order valence-corrected chi connectivity index (χ1v) is 8.98. The lowest BCUT2D eigenvalue weighted by Crippen LogP contribution is -2.24. The minimum Gasteiger partial charge on any atom is -0.398 e. The second-order valence-corrected chi connectivity index (χ2v) is 8.02. The van der Waals surface area contributed by atoms with Gasteiger partial charge in [-0.1, -0.05) is 11.6 Å². The fourth-order valence-corrected chi connectivity index (χ4v) is 4.42. The first kappa shape index (κ1) is 15.7. The van der Waals surface area contributed by atoms with Crippen LogP contribution >= 0.6 is 38.9 Å². The van der Waals surface area contributed by atoms with E-state index in [4.69, 9.17) is 17.3 Å². The summed E-state index contributed by atoms with van der Waals surface area (Å²) in [5, 5.41) is 2.95. The zero-order valence-corrected chi connectivity index (χ0v) is 14.3. The Hall–Kier alpha value is -0.670. The Morgan fingerprint density at radius 2 is 2.20 bits per heavy atom. The Bertz CT molecular complexity index is 746. The number of nitrogens with two attached hydrogens (primary N) is 1. The third kappa shape index (κ3) is 3.50. The van der Waals surface area contributed by atoms with E-state index in [1.165, 1.54) is 23.5 Å². The van der Waals surface area contributed by atoms with Crippen molar-refractivity contribution in [3.05, 3.63) is 37.7 Å². The fraction of sp³-hybridized carbons (Fsp3) is 0.182. The van der Waals surface area contributed by atoms with Crippen molar-refractivity contribution < 1.29 is 8.42 Å². The number of nitrogen functional groups attached to an aromatic ring is 1. The predicted molar refractivity (Wildman–Crippen MR) is 84.4 cm³/mol. The second-order valence-electron chi connectivity index (χ2n) is 3.99. The van der Waals surface area contributed by atoms with Crippen LogP contribution in [0, 0.1) is 6.92 Å². The van der Waals surface area contributed by atoms with Gasteiger partial charge in [-0.2, -0.15) is 0 Å². The number of hydrogen-bond acceptors (Lipinski definition) is 5. The average molecular weight is 397 g/mol. The van der Waals surface area contributed by atoms with Gasteiger partial charge in [0.1, 0.15) is 0 Å². The summed E-state index contributed by atoms with van der Waals surface area (Å²) in [6.07, 6.45) is 0. The molecule has 0 aliphatic carbocycles. The smallest absolute Gasteiger partial charge is 0.242 e. The predicted octanol–water partition coefficient (Wildman–Crippen LogP) is 2.93. The highest BCUT2D eigenvalue weighted by Gasteiger charge is 2.20. The van der Waals surface area contributed by atoms with Gasteiger partial charge in [-0.05, 0) is 35.0 Å². The van der Waals surface area contributed by atoms with E-state index in [1.807, 2.05) is 6.92 Å². The van der Waals surface area contributed by atoms with Crippen LogP contribution in [0.15, 0.2) is 26.9 Å². The number of aromatic nitrogens is 1. The lowest BCUT2D eigenvalue weighted by molar-refractivity contribution is 0.580. The number of sulfonamides is 1. The van der Waals surface area contributed by atoms with Crippen LogP contribution < -0.4 is 10.5 Å². The molecule has 0 aliphatic heterocycles. The number of hydrogen-bond donors (Lipinski definition) is 2. The SMILES string of the molecule is Cc1nc(CNS(=O)(=O)c2cc(Cl)cc(N)c2Br)cs1. The molecule has 0 unspecified atom stereocenters. The molecule has 20 heavy (non-hydrogen) atoms. The van der Waals surface area contributed by atoms with Crippen LogP contribution in [0.3, 0.4) is 0 Å². The van der Waals surface area contributed by atoms with Gasteiger partial charge in [0.2, 0.25) is 10.0 Å². The number of rotatable bonds is 4. The van der Waals surface area contributed by atoms with Gasteiger partial charge in [-0.3, -0.25) is 0 Å². The van der Waals surface area contributed by atoms with E-state index in [-0.39, 0.29) is 22.2 Å². The molecule has 2 rings (SSSR count). The summed E-state index contributed by atoms with van der Waals surface area (Å²) in [5.41, 5.74) is 6.63. The Morgan fingerprint density at radius 3 is 2.80 bits per heavy atom. The molecule has 108 valence electrons. The topological polar surface area (TPSA) is 85.1 Å². The standard InChI is InChI=1S/C11H11BrClN3O2S2/c1-6-16-8(5-19-6)4-15-20(17,18)10-3-7(13)2-9(14)11(10)12/h2-3,5,15H,4,14H2,1H3. The van der Waals surface area contributed by atoms with Crippen molar-refractivity contribution in [2.75, 3.05) is 5.73 Å². The molecule has 0 saturated heterocycles. The molecule has 0 aliphatic rings. The maximum Gasteiger partial charge on any atom is 0.242 e. The minimum absolute atomic E-state index is 0.00875. The molecule has 0 fully saturated rings. The Kier molecular flexibility index (Phi) is 4.70. The molecule has 1 aromatic carbocycles. The molecule has 1 aromatic heterocycles. The zero-order valence-electron chi connectivity index (χ0n) is 10.4. The van der Waals surface area contributed by atoms with Crippen LogP contribution in [-0.2, 0) is 16.6 Å². The monoisotopic (exact) mass is 395 g/mol. The normalized spacial score (nSPS) is 11.8. The van der Waals surface area contributed by atoms with Crippen LogP contribution in [0.1, 0.15) is 10.7 Å². The molecule has 0 spiro atoms. The van der Waals surface area contributed by atoms with Gasteiger partial charge in [-0.15, -0.1) is 11.3 Å². The van der Waals surface area contributed by atoms with E-state index in [0.29, 0.717) is 10.2 Å². The van der Waals surface area contributed by atoms with Crippen LogP contribution in [0.2, 0.25) is 5.02 Å². The summed E-state index contributed by atoms with van der Waals surface area (Å²) < 4.78 is 27.3. The molecule has 9 heteroatoms. The third-order valence-electron chi connectivity index (χ3n) is 2.43. The molecule has 0 atom stereocenters. The van der Waals surface area contributed by atoms with Gasteiger partial charge in [0, 0.05) is 16.1 Å². The summed E-state index contributed by atoms with van der Waals surface area (Å²) in [7, 11) is -3.72. The quantitative estimate of drug-likeness (QED) is 0.778. The highest BCUT2D eigenvalue weighted by atomic mass is 79.9. The van der Waals surface area contributed by atoms with Crippen molar-refractivity contribution in [2.24, 2.45) is 0 Å². The van der Waals surface area contributed by atoms with Crippen molar-refractivity contribution in [1.29, 1.82) is 0 Å². The maximum atomic E-state index is 12.3. The zero-order chi connectivity index (χ0) is 14.9. The van der Waals surface area contributed by atoms with Crippen molar-refractivity contribution in [1.82, 2.24) is 9.71 Å². The lowest BCUT2D eigenvalue weighted by atomic mass is 10.3. The average Bonchev–Trinajstić information content (AvgIpc) is 2.77. The summed E-state index contributed by atoms with van der Waals surface area (Å²) in [6.45, 7) is 1.97. The molecular formula is C11H11BrClN3O2S2. The fourth-order valence-electron chi connectivity index (χ4n) is 1.52. The van der Waals surface area contributed by atoms with Crippen LogP contribution in [0.5, 0.6) is 0 Å². The molecule has 0 radical (unpaired) electrons. The number of anilines is 1. The van der Waals surface area contributed by atoms with Crippen molar-refractivity contribution in [3.8, 4) is 0 Å². The van der Waals surface area contributed by atoms with E-state index in [2.05, 4.69) is 25.6 Å². The number of aryl methyl sites for hydroxylation is 1. The van der Waals surface area contributed by atoms with Crippen LogP contribution in [0.25, 0.3) is 0 Å². The van der Waals surface area contributed by atoms with E-state index >= 15 is 0 Å². The number of nitrogens with one attached hydrogen (secondary N) is 1. The summed E-state index contributed by atoms with van der Waals surface area (Å²) >= 11 is 10.5. The number of halogens is 2. The first-order valence-electron chi connectivity index (χ1n) is 5.45. The van der Waals surface area contributed by atoms with Gasteiger partial charge >= 0.3 is 0 Å². The molecule has 0 bridgehead atoms. The Labute approximate surface area is 134 Å². The number of nitrogens with zero attached hydrogens (tertiary/aromatic N) is 1. The highest BCUT2D eigenvalue weighted by molar-refractivity contribution is 9.10. The minimum atomic E-state index is -3.72. The third-order valence-corrected chi connectivity index (χ3v) is 6.04. The van der Waals surface area contributed by atoms with Gasteiger partial charge in [0.25, 0.3) is 0 Å². The largest absolute Gasteiger partial charge is 0.398 e. The van der Waals surface area contributed by atoms with E-state index in [1.54, 1.807) is 5.38 Å². The van der Waals surface area contributed by atoms with Gasteiger partial charge in [0.05, 0.1) is 26.6 Å².